The monoisotopic (exact) mass is 246 g/mol. The van der Waals surface area contributed by atoms with E-state index in [2.05, 4.69) is 11.9 Å². The van der Waals surface area contributed by atoms with Crippen molar-refractivity contribution in [1.82, 2.24) is 4.90 Å². The van der Waals surface area contributed by atoms with Crippen molar-refractivity contribution in [3.63, 3.8) is 0 Å². The molecule has 100 valence electrons. The van der Waals surface area contributed by atoms with Crippen molar-refractivity contribution in [3.05, 3.63) is 0 Å². The average Bonchev–Trinajstić information content (AvgIpc) is 2.13. The maximum absolute atomic E-state index is 13.3. The van der Waals surface area contributed by atoms with Crippen molar-refractivity contribution in [2.45, 2.75) is 50.5 Å². The number of nitrogens with two attached hydrogens (primary N) is 1. The van der Waals surface area contributed by atoms with Crippen LogP contribution in [0.2, 0.25) is 0 Å². The summed E-state index contributed by atoms with van der Waals surface area (Å²) in [6.45, 7) is 1.84. The van der Waals surface area contributed by atoms with Crippen molar-refractivity contribution in [3.8, 4) is 0 Å². The molecule has 2 saturated carbocycles. The Bertz CT molecular complexity index is 252. The number of hydrogen-bond donors (Lipinski definition) is 1. The van der Waals surface area contributed by atoms with Crippen molar-refractivity contribution in [1.29, 1.82) is 0 Å². The summed E-state index contributed by atoms with van der Waals surface area (Å²) in [4.78, 5) is 2.22. The second kappa shape index (κ2) is 5.19. The summed E-state index contributed by atoms with van der Waals surface area (Å²) in [5.74, 6) is -1.54. The third kappa shape index (κ3) is 3.88. The first-order valence-electron chi connectivity index (χ1n) is 6.76. The number of alkyl halides is 2. The van der Waals surface area contributed by atoms with Crippen molar-refractivity contribution in [2.75, 3.05) is 20.1 Å². The number of hydrogen-bond acceptors (Lipinski definition) is 2. The molecule has 0 aliphatic heterocycles. The van der Waals surface area contributed by atoms with Crippen LogP contribution in [0.3, 0.4) is 0 Å². The molecule has 4 heteroatoms. The SMILES string of the molecule is CN(CC1CC(N)C1)CC1CCCC(F)(F)C1. The molecule has 1 atom stereocenters. The predicted molar refractivity (Wildman–Crippen MR) is 65.1 cm³/mol. The van der Waals surface area contributed by atoms with Crippen molar-refractivity contribution in [2.24, 2.45) is 17.6 Å². The molecule has 2 N–H and O–H groups in total. The number of halogens is 2. The molecule has 0 aromatic rings. The highest BCUT2D eigenvalue weighted by Gasteiger charge is 2.36. The molecular formula is C13H24F2N2. The first-order chi connectivity index (χ1) is 7.94. The first kappa shape index (κ1) is 13.2. The minimum absolute atomic E-state index is 0.0848. The lowest BCUT2D eigenvalue weighted by Crippen LogP contribution is -2.43. The standard InChI is InChI=1S/C13H24F2N2/c1-17(9-11-5-12(16)6-11)8-10-3-2-4-13(14,15)7-10/h10-12H,2-9,16H2,1H3. The Morgan fingerprint density at radius 1 is 1.24 bits per heavy atom. The van der Waals surface area contributed by atoms with Crippen LogP contribution in [0.4, 0.5) is 8.78 Å². The van der Waals surface area contributed by atoms with Gasteiger partial charge in [-0.1, -0.05) is 0 Å². The van der Waals surface area contributed by atoms with Gasteiger partial charge < -0.3 is 10.6 Å². The second-order valence-electron chi connectivity index (χ2n) is 6.14. The van der Waals surface area contributed by atoms with E-state index in [1.54, 1.807) is 0 Å². The van der Waals surface area contributed by atoms with Crippen LogP contribution < -0.4 is 5.73 Å². The van der Waals surface area contributed by atoms with Crippen LogP contribution in [0.15, 0.2) is 0 Å². The van der Waals surface area contributed by atoms with E-state index in [1.807, 2.05) is 0 Å². The van der Waals surface area contributed by atoms with Gasteiger partial charge in [0.15, 0.2) is 0 Å². The molecule has 2 fully saturated rings. The van der Waals surface area contributed by atoms with Gasteiger partial charge >= 0.3 is 0 Å². The Kier molecular flexibility index (Phi) is 4.03. The van der Waals surface area contributed by atoms with Gasteiger partial charge in [-0.3, -0.25) is 0 Å². The summed E-state index contributed by atoms with van der Waals surface area (Å²) >= 11 is 0. The van der Waals surface area contributed by atoms with E-state index >= 15 is 0 Å². The maximum atomic E-state index is 13.3. The first-order valence-corrected chi connectivity index (χ1v) is 6.76. The number of rotatable bonds is 4. The van der Waals surface area contributed by atoms with E-state index in [9.17, 15) is 8.78 Å². The minimum atomic E-state index is -2.41. The third-order valence-corrected chi connectivity index (χ3v) is 4.15. The molecule has 0 aromatic heterocycles. The van der Waals surface area contributed by atoms with Crippen molar-refractivity contribution < 1.29 is 8.78 Å². The fraction of sp³-hybridized carbons (Fsp3) is 1.00. The smallest absolute Gasteiger partial charge is 0.248 e. The van der Waals surface area contributed by atoms with Crippen molar-refractivity contribution >= 4 is 0 Å². The zero-order valence-corrected chi connectivity index (χ0v) is 10.7. The molecule has 0 heterocycles. The van der Waals surface area contributed by atoms with E-state index in [0.29, 0.717) is 18.4 Å². The molecule has 2 nitrogen and oxygen atoms in total. The summed E-state index contributed by atoms with van der Waals surface area (Å²) in [6.07, 6.45) is 4.02. The molecule has 0 spiro atoms. The van der Waals surface area contributed by atoms with Gasteiger partial charge in [0, 0.05) is 32.0 Å². The molecule has 17 heavy (non-hydrogen) atoms. The maximum Gasteiger partial charge on any atom is 0.248 e. The van der Waals surface area contributed by atoms with E-state index in [0.717, 1.165) is 32.4 Å². The van der Waals surface area contributed by atoms with Crippen LogP contribution in [0, 0.1) is 11.8 Å². The van der Waals surface area contributed by atoms with Gasteiger partial charge in [-0.05, 0) is 44.6 Å². The fourth-order valence-electron chi connectivity index (χ4n) is 3.32. The van der Waals surface area contributed by atoms with Crippen LogP contribution in [0.5, 0.6) is 0 Å². The normalized spacial score (nSPS) is 36.9. The predicted octanol–water partition coefficient (Wildman–Crippen LogP) is 2.48. The minimum Gasteiger partial charge on any atom is -0.328 e. The largest absolute Gasteiger partial charge is 0.328 e. The Hall–Kier alpha value is -0.220. The molecule has 2 aliphatic carbocycles. The van der Waals surface area contributed by atoms with Gasteiger partial charge in [0.2, 0.25) is 5.92 Å². The quantitative estimate of drug-likeness (QED) is 0.825. The third-order valence-electron chi connectivity index (χ3n) is 4.15. The van der Waals surface area contributed by atoms with Gasteiger partial charge in [0.1, 0.15) is 0 Å². The van der Waals surface area contributed by atoms with Crippen LogP contribution in [0.25, 0.3) is 0 Å². The van der Waals surface area contributed by atoms with Gasteiger partial charge in [-0.25, -0.2) is 8.78 Å². The summed E-state index contributed by atoms with van der Waals surface area (Å²) in [5, 5.41) is 0. The van der Waals surface area contributed by atoms with Gasteiger partial charge in [0.05, 0.1) is 0 Å². The highest BCUT2D eigenvalue weighted by atomic mass is 19.3. The van der Waals surface area contributed by atoms with Crippen LogP contribution in [-0.4, -0.2) is 37.0 Å². The molecule has 2 aliphatic rings. The van der Waals surface area contributed by atoms with E-state index in [-0.39, 0.29) is 18.8 Å². The lowest BCUT2D eigenvalue weighted by molar-refractivity contribution is -0.0567. The average molecular weight is 246 g/mol. The molecule has 0 aromatic carbocycles. The topological polar surface area (TPSA) is 29.3 Å². The van der Waals surface area contributed by atoms with Gasteiger partial charge in [0.25, 0.3) is 0 Å². The molecular weight excluding hydrogens is 222 g/mol. The van der Waals surface area contributed by atoms with Gasteiger partial charge in [-0.15, -0.1) is 0 Å². The summed E-state index contributed by atoms with van der Waals surface area (Å²) in [7, 11) is 2.05. The highest BCUT2D eigenvalue weighted by molar-refractivity contribution is 4.85. The fourth-order valence-corrected chi connectivity index (χ4v) is 3.32. The lowest BCUT2D eigenvalue weighted by Gasteiger charge is -2.37. The highest BCUT2D eigenvalue weighted by Crippen LogP contribution is 2.37. The second-order valence-corrected chi connectivity index (χ2v) is 6.14. The number of nitrogens with zero attached hydrogens (tertiary/aromatic N) is 1. The zero-order valence-electron chi connectivity index (χ0n) is 10.7. The Labute approximate surface area is 103 Å². The zero-order chi connectivity index (χ0) is 12.5. The molecule has 0 bridgehead atoms. The molecule has 0 radical (unpaired) electrons. The Morgan fingerprint density at radius 2 is 1.88 bits per heavy atom. The molecule has 0 amide bonds. The summed E-state index contributed by atoms with van der Waals surface area (Å²) in [5.41, 5.74) is 5.75. The van der Waals surface area contributed by atoms with E-state index < -0.39 is 5.92 Å². The molecule has 2 rings (SSSR count). The van der Waals surface area contributed by atoms with Crippen LogP contribution in [0.1, 0.15) is 38.5 Å². The summed E-state index contributed by atoms with van der Waals surface area (Å²) in [6, 6.07) is 0.382. The van der Waals surface area contributed by atoms with E-state index in [1.165, 1.54) is 0 Å². The molecule has 1 unspecified atom stereocenters. The summed E-state index contributed by atoms with van der Waals surface area (Å²) < 4.78 is 26.5. The lowest BCUT2D eigenvalue weighted by atomic mass is 9.80. The van der Waals surface area contributed by atoms with Crippen LogP contribution in [-0.2, 0) is 0 Å². The van der Waals surface area contributed by atoms with E-state index in [4.69, 9.17) is 5.73 Å². The Balaban J connectivity index is 1.69. The van der Waals surface area contributed by atoms with Crippen LogP contribution >= 0.6 is 0 Å². The van der Waals surface area contributed by atoms with Gasteiger partial charge in [-0.2, -0.15) is 0 Å². The Morgan fingerprint density at radius 3 is 2.47 bits per heavy atom. The molecule has 0 saturated heterocycles.